The number of nitrogens with zero attached hydrogens (tertiary/aromatic N) is 1. The second-order valence-electron chi connectivity index (χ2n) is 4.01. The molecule has 0 aromatic rings. The van der Waals surface area contributed by atoms with E-state index in [9.17, 15) is 0 Å². The Bertz CT molecular complexity index is 144. The molecule has 2 aliphatic heterocycles. The van der Waals surface area contributed by atoms with E-state index in [0.29, 0.717) is 0 Å². The lowest BCUT2D eigenvalue weighted by atomic mass is 9.86. The standard InChI is InChI=1S/C9H18N2.2ClH/c1-11-6-4-9-8(7-11)3-2-5-10-9;;/h8-10H,2-7H2,1H3;2*1H. The van der Waals surface area contributed by atoms with Gasteiger partial charge in [0, 0.05) is 12.6 Å². The van der Waals surface area contributed by atoms with Gasteiger partial charge in [0.15, 0.2) is 0 Å². The summed E-state index contributed by atoms with van der Waals surface area (Å²) in [6.45, 7) is 3.86. The Hall–Kier alpha value is 0.500. The molecule has 2 aliphatic rings. The summed E-state index contributed by atoms with van der Waals surface area (Å²) >= 11 is 0. The average molecular weight is 227 g/mol. The minimum Gasteiger partial charge on any atom is -0.314 e. The fourth-order valence-electron chi connectivity index (χ4n) is 2.43. The lowest BCUT2D eigenvalue weighted by Crippen LogP contribution is -2.50. The third kappa shape index (κ3) is 3.28. The van der Waals surface area contributed by atoms with Crippen molar-refractivity contribution >= 4 is 24.8 Å². The van der Waals surface area contributed by atoms with Crippen LogP contribution in [0.2, 0.25) is 0 Å². The van der Waals surface area contributed by atoms with Crippen LogP contribution >= 0.6 is 24.8 Å². The average Bonchev–Trinajstić information content (AvgIpc) is 2.04. The van der Waals surface area contributed by atoms with Gasteiger partial charge in [-0.3, -0.25) is 0 Å². The Morgan fingerprint density at radius 2 is 2.00 bits per heavy atom. The molecule has 2 unspecified atom stereocenters. The highest BCUT2D eigenvalue weighted by Crippen LogP contribution is 2.23. The number of piperidine rings is 2. The van der Waals surface area contributed by atoms with Crippen molar-refractivity contribution in [2.75, 3.05) is 26.7 Å². The number of fused-ring (bicyclic) bond motifs is 1. The van der Waals surface area contributed by atoms with E-state index in [1.807, 2.05) is 0 Å². The fraction of sp³-hybridized carbons (Fsp3) is 1.00. The number of halogens is 2. The van der Waals surface area contributed by atoms with Gasteiger partial charge in [-0.1, -0.05) is 0 Å². The van der Waals surface area contributed by atoms with Crippen molar-refractivity contribution in [3.8, 4) is 0 Å². The molecule has 0 aromatic heterocycles. The summed E-state index contributed by atoms with van der Waals surface area (Å²) in [4.78, 5) is 2.47. The molecular weight excluding hydrogens is 207 g/mol. The maximum atomic E-state index is 3.61. The molecule has 1 N–H and O–H groups in total. The molecule has 2 atom stereocenters. The van der Waals surface area contributed by atoms with Gasteiger partial charge in [0.1, 0.15) is 0 Å². The molecule has 80 valence electrons. The number of hydrogen-bond acceptors (Lipinski definition) is 2. The predicted molar refractivity (Wildman–Crippen MR) is 61.1 cm³/mol. The van der Waals surface area contributed by atoms with Gasteiger partial charge in [-0.05, 0) is 45.3 Å². The molecular formula is C9H20Cl2N2. The maximum absolute atomic E-state index is 3.61. The van der Waals surface area contributed by atoms with E-state index in [1.54, 1.807) is 0 Å². The summed E-state index contributed by atoms with van der Waals surface area (Å²) in [5.74, 6) is 0.947. The molecule has 0 aromatic carbocycles. The Labute approximate surface area is 93.3 Å². The van der Waals surface area contributed by atoms with Crippen molar-refractivity contribution in [1.82, 2.24) is 10.2 Å². The summed E-state index contributed by atoms with van der Waals surface area (Å²) in [6, 6.07) is 0.847. The van der Waals surface area contributed by atoms with Crippen molar-refractivity contribution in [3.63, 3.8) is 0 Å². The molecule has 2 rings (SSSR count). The predicted octanol–water partition coefficient (Wildman–Crippen LogP) is 1.53. The van der Waals surface area contributed by atoms with Gasteiger partial charge < -0.3 is 10.2 Å². The zero-order chi connectivity index (χ0) is 7.68. The van der Waals surface area contributed by atoms with Crippen LogP contribution in [0.5, 0.6) is 0 Å². The first-order valence-electron chi connectivity index (χ1n) is 4.78. The van der Waals surface area contributed by atoms with Crippen LogP contribution in [0.1, 0.15) is 19.3 Å². The molecule has 0 spiro atoms. The second-order valence-corrected chi connectivity index (χ2v) is 4.01. The van der Waals surface area contributed by atoms with Crippen LogP contribution in [-0.2, 0) is 0 Å². The van der Waals surface area contributed by atoms with Crippen LogP contribution in [0, 0.1) is 5.92 Å². The highest BCUT2D eigenvalue weighted by molar-refractivity contribution is 5.85. The minimum atomic E-state index is 0. The normalized spacial score (nSPS) is 33.9. The first-order valence-corrected chi connectivity index (χ1v) is 4.78. The van der Waals surface area contributed by atoms with Gasteiger partial charge >= 0.3 is 0 Å². The van der Waals surface area contributed by atoms with Crippen molar-refractivity contribution in [2.24, 2.45) is 5.92 Å². The van der Waals surface area contributed by atoms with E-state index < -0.39 is 0 Å². The molecule has 4 heteroatoms. The van der Waals surface area contributed by atoms with E-state index in [-0.39, 0.29) is 24.8 Å². The Morgan fingerprint density at radius 3 is 2.77 bits per heavy atom. The van der Waals surface area contributed by atoms with Gasteiger partial charge in [0.2, 0.25) is 0 Å². The van der Waals surface area contributed by atoms with Crippen molar-refractivity contribution in [1.29, 1.82) is 0 Å². The van der Waals surface area contributed by atoms with Gasteiger partial charge in [0.25, 0.3) is 0 Å². The summed E-state index contributed by atoms with van der Waals surface area (Å²) in [6.07, 6.45) is 4.19. The monoisotopic (exact) mass is 226 g/mol. The SMILES string of the molecule is CN1CCC2NCCCC2C1.Cl.Cl. The summed E-state index contributed by atoms with van der Waals surface area (Å²) in [5, 5.41) is 3.61. The Morgan fingerprint density at radius 1 is 1.23 bits per heavy atom. The lowest BCUT2D eigenvalue weighted by molar-refractivity contribution is 0.135. The zero-order valence-electron chi connectivity index (χ0n) is 8.16. The second kappa shape index (κ2) is 6.07. The minimum absolute atomic E-state index is 0. The van der Waals surface area contributed by atoms with Crippen LogP contribution < -0.4 is 5.32 Å². The van der Waals surface area contributed by atoms with Crippen LogP contribution in [0.3, 0.4) is 0 Å². The highest BCUT2D eigenvalue weighted by atomic mass is 35.5. The molecule has 2 heterocycles. The van der Waals surface area contributed by atoms with Gasteiger partial charge in [-0.2, -0.15) is 0 Å². The number of nitrogens with one attached hydrogen (secondary N) is 1. The topological polar surface area (TPSA) is 15.3 Å². The summed E-state index contributed by atoms with van der Waals surface area (Å²) < 4.78 is 0. The van der Waals surface area contributed by atoms with Crippen LogP contribution in [0.15, 0.2) is 0 Å². The molecule has 0 saturated carbocycles. The third-order valence-electron chi connectivity index (χ3n) is 3.10. The summed E-state index contributed by atoms with van der Waals surface area (Å²) in [5.41, 5.74) is 0. The van der Waals surface area contributed by atoms with Crippen LogP contribution in [0.25, 0.3) is 0 Å². The number of hydrogen-bond donors (Lipinski definition) is 1. The van der Waals surface area contributed by atoms with Crippen molar-refractivity contribution in [3.05, 3.63) is 0 Å². The molecule has 0 aliphatic carbocycles. The number of likely N-dealkylation sites (tertiary alicyclic amines) is 1. The van der Waals surface area contributed by atoms with E-state index in [4.69, 9.17) is 0 Å². The zero-order valence-corrected chi connectivity index (χ0v) is 9.79. The van der Waals surface area contributed by atoms with E-state index in [2.05, 4.69) is 17.3 Å². The molecule has 13 heavy (non-hydrogen) atoms. The largest absolute Gasteiger partial charge is 0.314 e. The van der Waals surface area contributed by atoms with E-state index >= 15 is 0 Å². The van der Waals surface area contributed by atoms with Crippen molar-refractivity contribution < 1.29 is 0 Å². The maximum Gasteiger partial charge on any atom is 0.0120 e. The van der Waals surface area contributed by atoms with Crippen LogP contribution in [0.4, 0.5) is 0 Å². The van der Waals surface area contributed by atoms with Gasteiger partial charge in [0.05, 0.1) is 0 Å². The highest BCUT2D eigenvalue weighted by Gasteiger charge is 2.28. The van der Waals surface area contributed by atoms with Crippen molar-refractivity contribution in [2.45, 2.75) is 25.3 Å². The lowest BCUT2D eigenvalue weighted by Gasteiger charge is -2.40. The first-order chi connectivity index (χ1) is 5.36. The van der Waals surface area contributed by atoms with Crippen LogP contribution in [-0.4, -0.2) is 37.6 Å². The fourth-order valence-corrected chi connectivity index (χ4v) is 2.43. The molecule has 0 amide bonds. The van der Waals surface area contributed by atoms with Gasteiger partial charge in [-0.25, -0.2) is 0 Å². The third-order valence-corrected chi connectivity index (χ3v) is 3.10. The first kappa shape index (κ1) is 13.5. The molecule has 2 saturated heterocycles. The smallest absolute Gasteiger partial charge is 0.0120 e. The Balaban J connectivity index is 0.000000720. The Kier molecular flexibility index (Phi) is 6.31. The quantitative estimate of drug-likeness (QED) is 0.675. The van der Waals surface area contributed by atoms with E-state index in [0.717, 1.165) is 12.0 Å². The molecule has 0 radical (unpaired) electrons. The molecule has 2 fully saturated rings. The number of rotatable bonds is 0. The summed E-state index contributed by atoms with van der Waals surface area (Å²) in [7, 11) is 2.24. The molecule has 2 nitrogen and oxygen atoms in total. The van der Waals surface area contributed by atoms with Gasteiger partial charge in [-0.15, -0.1) is 24.8 Å². The molecule has 0 bridgehead atoms. The van der Waals surface area contributed by atoms with E-state index in [1.165, 1.54) is 38.9 Å².